The molecule has 6 bridgehead atoms. The number of hydrogen-bond donors (Lipinski definition) is 1. The molecule has 0 aromatic heterocycles. The van der Waals surface area contributed by atoms with E-state index < -0.39 is 7.94 Å². The molecule has 0 atom stereocenters. The van der Waals surface area contributed by atoms with E-state index in [1.165, 1.54) is 33.4 Å². The Morgan fingerprint density at radius 1 is 0.400 bits per heavy atom. The molecule has 0 saturated carbocycles. The summed E-state index contributed by atoms with van der Waals surface area (Å²) in [4.78, 5) is 0. The molecule has 7 rings (SSSR count). The van der Waals surface area contributed by atoms with E-state index in [4.69, 9.17) is 13.6 Å². The summed E-state index contributed by atoms with van der Waals surface area (Å²) < 4.78 is 21.6. The second-order valence-electron chi connectivity index (χ2n) is 19.3. The molecule has 0 radical (unpaired) electrons. The molecule has 0 fully saturated rings. The largest absolute Gasteiger partial charge is 0.538 e. The summed E-state index contributed by atoms with van der Waals surface area (Å²) >= 11 is 0. The lowest BCUT2D eigenvalue weighted by atomic mass is 9.79. The van der Waals surface area contributed by atoms with Gasteiger partial charge in [0.1, 0.15) is 5.75 Å². The number of phenols is 1. The van der Waals surface area contributed by atoms with Crippen LogP contribution < -0.4 is 13.6 Å². The minimum Gasteiger partial charge on any atom is -0.507 e. The number of rotatable bonds is 0. The molecule has 264 valence electrons. The Labute approximate surface area is 301 Å². The van der Waals surface area contributed by atoms with Gasteiger partial charge >= 0.3 is 7.94 Å². The molecule has 4 aromatic rings. The lowest BCUT2D eigenvalue weighted by Gasteiger charge is -2.33. The summed E-state index contributed by atoms with van der Waals surface area (Å²) in [6, 6.07) is 18.4. The fraction of sp³-hybridized carbons (Fsp3) is 0.467. The van der Waals surface area contributed by atoms with Gasteiger partial charge in [0.25, 0.3) is 0 Å². The third kappa shape index (κ3) is 6.32. The first-order chi connectivity index (χ1) is 23.0. The van der Waals surface area contributed by atoms with E-state index in [1.54, 1.807) is 0 Å². The number of benzene rings is 4. The van der Waals surface area contributed by atoms with E-state index in [-0.39, 0.29) is 21.7 Å². The predicted molar refractivity (Wildman–Crippen MR) is 208 cm³/mol. The Balaban J connectivity index is 1.64. The average molecular weight is 692 g/mol. The molecule has 0 aliphatic carbocycles. The quantitative estimate of drug-likeness (QED) is 0.164. The predicted octanol–water partition coefficient (Wildman–Crippen LogP) is 11.8. The molecule has 0 saturated heterocycles. The molecule has 3 aliphatic rings. The Bertz CT molecular complexity index is 1920. The van der Waals surface area contributed by atoms with Crippen molar-refractivity contribution >= 4 is 7.94 Å². The molecular weight excluding hydrogens is 635 g/mol. The standard InChI is InChI=1S/C45H55O4P/c1-42(2,3)34-18-26-14-28-20-35(43(4,5)6)22-30-16-32-24-37(45(10,11)12)25-33-17-31-23-36(44(7,8)9)21-29(15-27(19-34)38(26)46)40(31)48-50(13,47-39(28)30)49-41(32)33/h18-25H,14-17H2,1-13H3/p+1. The van der Waals surface area contributed by atoms with Gasteiger partial charge in [0, 0.05) is 59.1 Å². The van der Waals surface area contributed by atoms with E-state index in [0.717, 1.165) is 50.6 Å². The maximum atomic E-state index is 12.2. The second-order valence-corrected chi connectivity index (χ2v) is 21.4. The second kappa shape index (κ2) is 11.3. The molecular formula is C45H56O4P+. The highest BCUT2D eigenvalue weighted by Crippen LogP contribution is 2.63. The first-order valence-electron chi connectivity index (χ1n) is 18.3. The van der Waals surface area contributed by atoms with Crippen molar-refractivity contribution in [1.82, 2.24) is 0 Å². The SMILES string of the molecule is CC(C)(C)c1cc2c(O)c(c1)Cc1cc(C(C)(C)C)cc3c1O[P+]1(C)Oc4c(cc(C(C)(C)C)cc4Cc4cc(C(C)(C)C)cc(c4O1)C3)C2. The van der Waals surface area contributed by atoms with E-state index >= 15 is 0 Å². The summed E-state index contributed by atoms with van der Waals surface area (Å²) in [5, 5.41) is 12.2. The van der Waals surface area contributed by atoms with Crippen LogP contribution in [0.3, 0.4) is 0 Å². The van der Waals surface area contributed by atoms with E-state index in [1.807, 2.05) is 6.66 Å². The van der Waals surface area contributed by atoms with Gasteiger partial charge in [-0.1, -0.05) is 132 Å². The summed E-state index contributed by atoms with van der Waals surface area (Å²) in [5.41, 5.74) is 13.2. The van der Waals surface area contributed by atoms with Crippen LogP contribution in [-0.2, 0) is 47.3 Å². The topological polar surface area (TPSA) is 47.9 Å². The van der Waals surface area contributed by atoms with Crippen LogP contribution in [-0.4, -0.2) is 11.8 Å². The zero-order chi connectivity index (χ0) is 36.3. The summed E-state index contributed by atoms with van der Waals surface area (Å²) in [6.45, 7) is 29.3. The number of fused-ring (bicyclic) bond motifs is 2. The molecule has 4 aromatic carbocycles. The third-order valence-corrected chi connectivity index (χ3v) is 12.3. The lowest BCUT2D eigenvalue weighted by molar-refractivity contribution is 0.346. The van der Waals surface area contributed by atoms with Gasteiger partial charge in [-0.3, -0.25) is 13.6 Å². The Morgan fingerprint density at radius 3 is 0.820 bits per heavy atom. The fourth-order valence-electron chi connectivity index (χ4n) is 7.54. The molecule has 0 unspecified atom stereocenters. The molecule has 50 heavy (non-hydrogen) atoms. The Hall–Kier alpha value is -3.49. The maximum Gasteiger partial charge on any atom is 0.538 e. The van der Waals surface area contributed by atoms with Crippen LogP contribution in [0.4, 0.5) is 0 Å². The molecule has 3 heterocycles. The highest BCUT2D eigenvalue weighted by molar-refractivity contribution is 7.62. The molecule has 3 aliphatic heterocycles. The van der Waals surface area contributed by atoms with E-state index in [0.29, 0.717) is 31.4 Å². The number of hydrogen-bond acceptors (Lipinski definition) is 4. The number of aromatic hydroxyl groups is 1. The van der Waals surface area contributed by atoms with Crippen molar-refractivity contribution in [2.24, 2.45) is 0 Å². The van der Waals surface area contributed by atoms with Gasteiger partial charge in [-0.25, -0.2) is 0 Å². The lowest BCUT2D eigenvalue weighted by Crippen LogP contribution is -2.24. The first-order valence-corrected chi connectivity index (χ1v) is 20.3. The van der Waals surface area contributed by atoms with Gasteiger partial charge in [-0.2, -0.15) is 0 Å². The van der Waals surface area contributed by atoms with Crippen LogP contribution >= 0.6 is 7.94 Å². The summed E-state index contributed by atoms with van der Waals surface area (Å²) in [6.07, 6.45) is 2.43. The van der Waals surface area contributed by atoms with Gasteiger partial charge in [0.05, 0.1) is 0 Å². The van der Waals surface area contributed by atoms with E-state index in [9.17, 15) is 5.11 Å². The van der Waals surface area contributed by atoms with E-state index in [2.05, 4.69) is 132 Å². The van der Waals surface area contributed by atoms with Crippen molar-refractivity contribution in [2.75, 3.05) is 6.66 Å². The fourth-order valence-corrected chi connectivity index (χ4v) is 9.35. The number of phenolic OH excluding ortho intramolecular Hbond substituents is 1. The first kappa shape index (κ1) is 34.9. The van der Waals surface area contributed by atoms with Gasteiger partial charge in [-0.05, 0) is 55.0 Å². The van der Waals surface area contributed by atoms with Crippen molar-refractivity contribution in [3.8, 4) is 23.0 Å². The summed E-state index contributed by atoms with van der Waals surface area (Å²) in [7, 11) is -3.04. The van der Waals surface area contributed by atoms with Gasteiger partial charge in [0.2, 0.25) is 0 Å². The maximum absolute atomic E-state index is 12.2. The average Bonchev–Trinajstić information content (AvgIpc) is 2.95. The highest BCUT2D eigenvalue weighted by atomic mass is 31.2. The van der Waals surface area contributed by atoms with Crippen molar-refractivity contribution in [3.05, 3.63) is 115 Å². The van der Waals surface area contributed by atoms with Gasteiger partial charge in [0.15, 0.2) is 23.9 Å². The Kier molecular flexibility index (Phi) is 7.86. The minimum atomic E-state index is -3.04. The van der Waals surface area contributed by atoms with Crippen LogP contribution in [0, 0.1) is 0 Å². The monoisotopic (exact) mass is 691 g/mol. The summed E-state index contributed by atoms with van der Waals surface area (Å²) in [5.74, 6) is 2.90. The van der Waals surface area contributed by atoms with Crippen LogP contribution in [0.25, 0.3) is 0 Å². The molecule has 0 amide bonds. The molecule has 4 nitrogen and oxygen atoms in total. The minimum absolute atomic E-state index is 0.0456. The smallest absolute Gasteiger partial charge is 0.507 e. The zero-order valence-electron chi connectivity index (χ0n) is 32.6. The molecule has 1 N–H and O–H groups in total. The van der Waals surface area contributed by atoms with Crippen LogP contribution in [0.1, 0.15) is 150 Å². The molecule has 5 heteroatoms. The van der Waals surface area contributed by atoms with Crippen LogP contribution in [0.15, 0.2) is 48.5 Å². The zero-order valence-corrected chi connectivity index (χ0v) is 33.5. The highest BCUT2D eigenvalue weighted by Gasteiger charge is 2.50. The van der Waals surface area contributed by atoms with Gasteiger partial charge < -0.3 is 5.11 Å². The van der Waals surface area contributed by atoms with Crippen molar-refractivity contribution in [2.45, 2.75) is 130 Å². The normalized spacial score (nSPS) is 16.5. The Morgan fingerprint density at radius 2 is 0.600 bits per heavy atom. The van der Waals surface area contributed by atoms with Crippen molar-refractivity contribution in [3.63, 3.8) is 0 Å². The van der Waals surface area contributed by atoms with Crippen molar-refractivity contribution < 1.29 is 18.7 Å². The van der Waals surface area contributed by atoms with Gasteiger partial charge in [-0.15, -0.1) is 0 Å². The van der Waals surface area contributed by atoms with Crippen LogP contribution in [0.2, 0.25) is 0 Å². The van der Waals surface area contributed by atoms with Crippen LogP contribution in [0.5, 0.6) is 23.0 Å². The van der Waals surface area contributed by atoms with Crippen molar-refractivity contribution in [1.29, 1.82) is 0 Å². The molecule has 0 spiro atoms. The third-order valence-electron chi connectivity index (χ3n) is 10.8.